The number of amides is 1. The summed E-state index contributed by atoms with van der Waals surface area (Å²) < 4.78 is 10.6. The van der Waals surface area contributed by atoms with E-state index < -0.39 is 11.9 Å². The molecule has 1 heterocycles. The molecule has 1 N–H and O–H groups in total. The minimum Gasteiger partial charge on any atom is -0.459 e. The lowest BCUT2D eigenvalue weighted by molar-refractivity contribution is 0.0475. The van der Waals surface area contributed by atoms with Gasteiger partial charge in [0.15, 0.2) is 5.76 Å². The van der Waals surface area contributed by atoms with Gasteiger partial charge in [-0.3, -0.25) is 4.79 Å². The molecule has 0 aliphatic heterocycles. The summed E-state index contributed by atoms with van der Waals surface area (Å²) in [5.74, 6) is -0.776. The first-order valence-electron chi connectivity index (χ1n) is 8.80. The fourth-order valence-corrected chi connectivity index (χ4v) is 3.00. The van der Waals surface area contributed by atoms with Crippen LogP contribution in [-0.2, 0) is 11.3 Å². The molecular formula is C23H17NO4. The topological polar surface area (TPSA) is 68.5 Å². The number of furan rings is 1. The van der Waals surface area contributed by atoms with Gasteiger partial charge in [0.25, 0.3) is 5.91 Å². The van der Waals surface area contributed by atoms with Crippen LogP contribution in [0.2, 0.25) is 0 Å². The Labute approximate surface area is 161 Å². The number of carbonyl (C=O) groups excluding carboxylic acids is 2. The first-order chi connectivity index (χ1) is 13.7. The van der Waals surface area contributed by atoms with Crippen LogP contribution in [0, 0.1) is 0 Å². The van der Waals surface area contributed by atoms with Crippen molar-refractivity contribution >= 4 is 28.3 Å². The van der Waals surface area contributed by atoms with Crippen molar-refractivity contribution in [3.8, 4) is 0 Å². The third-order valence-electron chi connectivity index (χ3n) is 4.38. The number of anilines is 1. The van der Waals surface area contributed by atoms with E-state index in [0.717, 1.165) is 16.3 Å². The molecule has 0 aliphatic carbocycles. The summed E-state index contributed by atoms with van der Waals surface area (Å²) in [4.78, 5) is 24.9. The van der Waals surface area contributed by atoms with E-state index in [4.69, 9.17) is 9.15 Å². The number of nitrogens with one attached hydrogen (secondary N) is 1. The molecule has 5 heteroatoms. The fraction of sp³-hybridized carbons (Fsp3) is 0.0435. The van der Waals surface area contributed by atoms with Crippen LogP contribution in [0.1, 0.15) is 26.5 Å². The predicted octanol–water partition coefficient (Wildman–Crippen LogP) is 5.04. The van der Waals surface area contributed by atoms with Gasteiger partial charge in [0.05, 0.1) is 17.5 Å². The number of para-hydroxylation sites is 1. The standard InChI is InChI=1S/C23H17NO4/c25-22(21-13-6-14-27-21)24-20-12-4-3-11-19(20)23(26)28-15-17-9-5-8-16-7-1-2-10-18(16)17/h1-14H,15H2,(H,24,25). The van der Waals surface area contributed by atoms with Crippen molar-refractivity contribution < 1.29 is 18.7 Å². The van der Waals surface area contributed by atoms with Gasteiger partial charge < -0.3 is 14.5 Å². The summed E-state index contributed by atoms with van der Waals surface area (Å²) in [6, 6.07) is 23.7. The molecule has 3 aromatic carbocycles. The minimum absolute atomic E-state index is 0.140. The summed E-state index contributed by atoms with van der Waals surface area (Å²) in [7, 11) is 0. The van der Waals surface area contributed by atoms with E-state index in [1.807, 2.05) is 42.5 Å². The molecule has 4 aromatic rings. The molecule has 0 spiro atoms. The molecule has 0 saturated heterocycles. The molecule has 28 heavy (non-hydrogen) atoms. The van der Waals surface area contributed by atoms with E-state index in [9.17, 15) is 9.59 Å². The number of benzene rings is 3. The number of carbonyl (C=O) groups is 2. The van der Waals surface area contributed by atoms with Crippen molar-refractivity contribution in [2.45, 2.75) is 6.61 Å². The lowest BCUT2D eigenvalue weighted by Gasteiger charge is -2.11. The van der Waals surface area contributed by atoms with Crippen molar-refractivity contribution in [3.05, 3.63) is 102 Å². The predicted molar refractivity (Wildman–Crippen MR) is 106 cm³/mol. The second-order valence-electron chi connectivity index (χ2n) is 6.19. The van der Waals surface area contributed by atoms with Gasteiger partial charge >= 0.3 is 5.97 Å². The van der Waals surface area contributed by atoms with Gasteiger partial charge in [0.2, 0.25) is 0 Å². The highest BCUT2D eigenvalue weighted by atomic mass is 16.5. The zero-order valence-corrected chi connectivity index (χ0v) is 14.9. The second kappa shape index (κ2) is 7.80. The Morgan fingerprint density at radius 1 is 0.857 bits per heavy atom. The molecule has 1 aromatic heterocycles. The van der Waals surface area contributed by atoms with Crippen molar-refractivity contribution in [1.82, 2.24) is 0 Å². The second-order valence-corrected chi connectivity index (χ2v) is 6.19. The zero-order chi connectivity index (χ0) is 19.3. The number of esters is 1. The molecule has 0 radical (unpaired) electrons. The van der Waals surface area contributed by atoms with E-state index in [1.165, 1.54) is 6.26 Å². The molecule has 0 bridgehead atoms. The smallest absolute Gasteiger partial charge is 0.340 e. The van der Waals surface area contributed by atoms with Crippen LogP contribution >= 0.6 is 0 Å². The van der Waals surface area contributed by atoms with Gasteiger partial charge in [0.1, 0.15) is 6.61 Å². The average molecular weight is 371 g/mol. The Kier molecular flexibility index (Phi) is 4.89. The Bertz CT molecular complexity index is 1130. The zero-order valence-electron chi connectivity index (χ0n) is 14.9. The van der Waals surface area contributed by atoms with Gasteiger partial charge in [-0.15, -0.1) is 0 Å². The van der Waals surface area contributed by atoms with Crippen molar-refractivity contribution in [2.75, 3.05) is 5.32 Å². The third-order valence-corrected chi connectivity index (χ3v) is 4.38. The van der Waals surface area contributed by atoms with Gasteiger partial charge in [-0.1, -0.05) is 54.6 Å². The third kappa shape index (κ3) is 3.64. The highest BCUT2D eigenvalue weighted by molar-refractivity contribution is 6.06. The Morgan fingerprint density at radius 2 is 1.64 bits per heavy atom. The van der Waals surface area contributed by atoms with Crippen LogP contribution in [0.4, 0.5) is 5.69 Å². The van der Waals surface area contributed by atoms with E-state index in [1.54, 1.807) is 36.4 Å². The number of hydrogen-bond acceptors (Lipinski definition) is 4. The molecule has 0 saturated carbocycles. The van der Waals surface area contributed by atoms with Gasteiger partial charge in [-0.05, 0) is 40.6 Å². The van der Waals surface area contributed by atoms with Crippen LogP contribution in [0.25, 0.3) is 10.8 Å². The molecule has 1 amide bonds. The molecule has 138 valence electrons. The summed E-state index contributed by atoms with van der Waals surface area (Å²) in [5.41, 5.74) is 1.57. The van der Waals surface area contributed by atoms with E-state index >= 15 is 0 Å². The summed E-state index contributed by atoms with van der Waals surface area (Å²) >= 11 is 0. The Balaban J connectivity index is 1.51. The van der Waals surface area contributed by atoms with Gasteiger partial charge in [0, 0.05) is 0 Å². The molecule has 5 nitrogen and oxygen atoms in total. The van der Waals surface area contributed by atoms with Crippen LogP contribution in [-0.4, -0.2) is 11.9 Å². The Morgan fingerprint density at radius 3 is 2.50 bits per heavy atom. The quantitative estimate of drug-likeness (QED) is 0.499. The normalized spacial score (nSPS) is 10.6. The van der Waals surface area contributed by atoms with Crippen molar-refractivity contribution in [3.63, 3.8) is 0 Å². The maximum atomic E-state index is 12.6. The number of fused-ring (bicyclic) bond motifs is 1. The number of rotatable bonds is 5. The van der Waals surface area contributed by atoms with Crippen LogP contribution < -0.4 is 5.32 Å². The van der Waals surface area contributed by atoms with E-state index in [0.29, 0.717) is 5.69 Å². The number of ether oxygens (including phenoxy) is 1. The summed E-state index contributed by atoms with van der Waals surface area (Å²) in [6.45, 7) is 0.140. The highest BCUT2D eigenvalue weighted by Crippen LogP contribution is 2.21. The number of hydrogen-bond donors (Lipinski definition) is 1. The van der Waals surface area contributed by atoms with Gasteiger partial charge in [-0.25, -0.2) is 4.79 Å². The SMILES string of the molecule is O=C(Nc1ccccc1C(=O)OCc1cccc2ccccc12)c1ccco1. The van der Waals surface area contributed by atoms with Crippen LogP contribution in [0.15, 0.2) is 89.5 Å². The largest absolute Gasteiger partial charge is 0.459 e. The van der Waals surface area contributed by atoms with Gasteiger partial charge in [-0.2, -0.15) is 0 Å². The van der Waals surface area contributed by atoms with E-state index in [2.05, 4.69) is 5.32 Å². The van der Waals surface area contributed by atoms with E-state index in [-0.39, 0.29) is 17.9 Å². The molecule has 0 unspecified atom stereocenters. The molecule has 4 rings (SSSR count). The van der Waals surface area contributed by atoms with Crippen molar-refractivity contribution in [1.29, 1.82) is 0 Å². The summed E-state index contributed by atoms with van der Waals surface area (Å²) in [6.07, 6.45) is 1.42. The van der Waals surface area contributed by atoms with Crippen LogP contribution in [0.3, 0.4) is 0 Å². The first-order valence-corrected chi connectivity index (χ1v) is 8.80. The Hall–Kier alpha value is -3.86. The lowest BCUT2D eigenvalue weighted by atomic mass is 10.1. The minimum atomic E-state index is -0.511. The maximum absolute atomic E-state index is 12.6. The molecule has 0 atom stereocenters. The molecule has 0 fully saturated rings. The first kappa shape index (κ1) is 17.5. The molecular weight excluding hydrogens is 354 g/mol. The van der Waals surface area contributed by atoms with Crippen LogP contribution in [0.5, 0.6) is 0 Å². The molecule has 0 aliphatic rings. The monoisotopic (exact) mass is 371 g/mol. The fourth-order valence-electron chi connectivity index (χ4n) is 3.00. The maximum Gasteiger partial charge on any atom is 0.340 e. The average Bonchev–Trinajstić information content (AvgIpc) is 3.27. The summed E-state index contributed by atoms with van der Waals surface area (Å²) in [5, 5.41) is 4.81. The van der Waals surface area contributed by atoms with Crippen molar-refractivity contribution in [2.24, 2.45) is 0 Å². The highest BCUT2D eigenvalue weighted by Gasteiger charge is 2.16. The lowest BCUT2D eigenvalue weighted by Crippen LogP contribution is -2.15.